The summed E-state index contributed by atoms with van der Waals surface area (Å²) in [5, 5.41) is 2.88. The molecule has 1 N–H and O–H groups in total. The second-order valence-electron chi connectivity index (χ2n) is 5.34. The number of carbonyl (C=O) groups excluding carboxylic acids is 1. The van der Waals surface area contributed by atoms with Crippen molar-refractivity contribution in [2.75, 3.05) is 26.2 Å². The van der Waals surface area contributed by atoms with Gasteiger partial charge in [0.25, 0.3) is 0 Å². The third-order valence-electron chi connectivity index (χ3n) is 3.53. The van der Waals surface area contributed by atoms with Crippen molar-refractivity contribution in [1.82, 2.24) is 10.2 Å². The molecule has 1 atom stereocenters. The van der Waals surface area contributed by atoms with Gasteiger partial charge in [-0.1, -0.05) is 48.6 Å². The molecule has 1 heterocycles. The van der Waals surface area contributed by atoms with Crippen LogP contribution in [0.2, 0.25) is 0 Å². The maximum Gasteiger partial charge on any atom is 0.244 e. The number of hydrogen-bond donors (Lipinski definition) is 1. The van der Waals surface area contributed by atoms with Crippen LogP contribution < -0.4 is 5.32 Å². The lowest BCUT2D eigenvalue weighted by Gasteiger charge is -2.33. The second kappa shape index (κ2) is 9.18. The van der Waals surface area contributed by atoms with Crippen LogP contribution in [0.1, 0.15) is 12.5 Å². The first kappa shape index (κ1) is 16.5. The topological polar surface area (TPSA) is 41.6 Å². The lowest BCUT2D eigenvalue weighted by Crippen LogP contribution is -2.46. The molecular formula is C18H24N2O2. The molecule has 2 rings (SSSR count). The molecule has 4 nitrogen and oxygen atoms in total. The van der Waals surface area contributed by atoms with Gasteiger partial charge in [-0.2, -0.15) is 0 Å². The van der Waals surface area contributed by atoms with Crippen LogP contribution in [0.3, 0.4) is 0 Å². The molecule has 0 aromatic heterocycles. The van der Waals surface area contributed by atoms with E-state index >= 15 is 0 Å². The fourth-order valence-corrected chi connectivity index (χ4v) is 2.42. The number of benzene rings is 1. The zero-order valence-electron chi connectivity index (χ0n) is 13.1. The normalized spacial score (nSPS) is 19.8. The predicted molar refractivity (Wildman–Crippen MR) is 88.4 cm³/mol. The molecule has 1 unspecified atom stereocenters. The minimum Gasteiger partial charge on any atom is -0.374 e. The Labute approximate surface area is 132 Å². The summed E-state index contributed by atoms with van der Waals surface area (Å²) >= 11 is 0. The molecule has 1 saturated heterocycles. The van der Waals surface area contributed by atoms with E-state index in [2.05, 4.69) is 34.5 Å². The average molecular weight is 300 g/mol. The van der Waals surface area contributed by atoms with E-state index in [4.69, 9.17) is 4.74 Å². The summed E-state index contributed by atoms with van der Waals surface area (Å²) < 4.78 is 5.73. The summed E-state index contributed by atoms with van der Waals surface area (Å²) in [7, 11) is 0. The van der Waals surface area contributed by atoms with Gasteiger partial charge >= 0.3 is 0 Å². The number of ether oxygens (including phenoxy) is 1. The number of nitrogens with one attached hydrogen (secondary N) is 1. The van der Waals surface area contributed by atoms with Crippen molar-refractivity contribution in [2.24, 2.45) is 0 Å². The Morgan fingerprint density at radius 1 is 1.36 bits per heavy atom. The third-order valence-corrected chi connectivity index (χ3v) is 3.53. The van der Waals surface area contributed by atoms with E-state index in [1.165, 1.54) is 11.6 Å². The molecule has 0 spiro atoms. The smallest absolute Gasteiger partial charge is 0.244 e. The molecule has 1 fully saturated rings. The largest absolute Gasteiger partial charge is 0.374 e. The Balaban J connectivity index is 1.75. The Kier molecular flexibility index (Phi) is 6.87. The summed E-state index contributed by atoms with van der Waals surface area (Å²) in [5.74, 6) is -0.0816. The number of carbonyl (C=O) groups is 1. The lowest BCUT2D eigenvalue weighted by molar-refractivity contribution is -0.117. The molecule has 118 valence electrons. The number of rotatable bonds is 6. The van der Waals surface area contributed by atoms with Crippen LogP contribution in [-0.2, 0) is 16.1 Å². The van der Waals surface area contributed by atoms with Crippen LogP contribution in [0.4, 0.5) is 0 Å². The molecule has 1 aromatic rings. The van der Waals surface area contributed by atoms with Gasteiger partial charge < -0.3 is 10.1 Å². The van der Waals surface area contributed by atoms with Crippen molar-refractivity contribution in [2.45, 2.75) is 19.6 Å². The van der Waals surface area contributed by atoms with E-state index in [0.717, 1.165) is 19.6 Å². The molecule has 0 aliphatic carbocycles. The minimum atomic E-state index is -0.0816. The molecular weight excluding hydrogens is 276 g/mol. The number of amides is 1. The summed E-state index contributed by atoms with van der Waals surface area (Å²) in [6.45, 7) is 5.87. The van der Waals surface area contributed by atoms with Gasteiger partial charge in [-0.05, 0) is 12.5 Å². The molecule has 1 aliphatic heterocycles. The van der Waals surface area contributed by atoms with Gasteiger partial charge in [0.1, 0.15) is 0 Å². The second-order valence-corrected chi connectivity index (χ2v) is 5.34. The quantitative estimate of drug-likeness (QED) is 0.646. The SMILES string of the molecule is C/C=C/C=C/C(=O)NCC1CN(Cc2ccccc2)CCO1. The summed E-state index contributed by atoms with van der Waals surface area (Å²) in [6, 6.07) is 10.4. The van der Waals surface area contributed by atoms with Gasteiger partial charge in [0, 0.05) is 32.3 Å². The molecule has 0 saturated carbocycles. The van der Waals surface area contributed by atoms with Crippen molar-refractivity contribution in [1.29, 1.82) is 0 Å². The van der Waals surface area contributed by atoms with Crippen LogP contribution in [0.5, 0.6) is 0 Å². The first-order chi connectivity index (χ1) is 10.8. The van der Waals surface area contributed by atoms with Gasteiger partial charge in [0.05, 0.1) is 12.7 Å². The Hall–Kier alpha value is -1.91. The van der Waals surface area contributed by atoms with E-state index in [9.17, 15) is 4.79 Å². The average Bonchev–Trinajstić information content (AvgIpc) is 2.55. The van der Waals surface area contributed by atoms with E-state index in [1.54, 1.807) is 6.08 Å². The highest BCUT2D eigenvalue weighted by atomic mass is 16.5. The standard InChI is InChI=1S/C18H24N2O2/c1-2-3-5-10-18(21)19-13-17-15-20(11-12-22-17)14-16-8-6-4-7-9-16/h2-10,17H,11-15H2,1H3,(H,19,21)/b3-2+,10-5+. The van der Waals surface area contributed by atoms with Crippen molar-refractivity contribution >= 4 is 5.91 Å². The first-order valence-corrected chi connectivity index (χ1v) is 7.73. The Morgan fingerprint density at radius 2 is 2.18 bits per heavy atom. The Morgan fingerprint density at radius 3 is 2.95 bits per heavy atom. The molecule has 1 amide bonds. The van der Waals surface area contributed by atoms with Crippen molar-refractivity contribution in [3.63, 3.8) is 0 Å². The van der Waals surface area contributed by atoms with Gasteiger partial charge in [0.2, 0.25) is 5.91 Å². The molecule has 22 heavy (non-hydrogen) atoms. The fraction of sp³-hybridized carbons (Fsp3) is 0.389. The Bertz CT molecular complexity index is 511. The molecule has 1 aromatic carbocycles. The highest BCUT2D eigenvalue weighted by molar-refractivity contribution is 5.87. The molecule has 0 radical (unpaired) electrons. The monoisotopic (exact) mass is 300 g/mol. The zero-order chi connectivity index (χ0) is 15.6. The maximum absolute atomic E-state index is 11.6. The van der Waals surface area contributed by atoms with Crippen LogP contribution in [0.15, 0.2) is 54.6 Å². The number of morpholine rings is 1. The zero-order valence-corrected chi connectivity index (χ0v) is 13.1. The van der Waals surface area contributed by atoms with Crippen molar-refractivity contribution in [3.05, 3.63) is 60.2 Å². The predicted octanol–water partition coefficient (Wildman–Crippen LogP) is 2.14. The minimum absolute atomic E-state index is 0.0523. The van der Waals surface area contributed by atoms with Crippen LogP contribution in [0, 0.1) is 0 Å². The van der Waals surface area contributed by atoms with Gasteiger partial charge in [-0.3, -0.25) is 9.69 Å². The number of allylic oxidation sites excluding steroid dienone is 3. The van der Waals surface area contributed by atoms with E-state index in [-0.39, 0.29) is 12.0 Å². The number of hydrogen-bond acceptors (Lipinski definition) is 3. The van der Waals surface area contributed by atoms with Crippen molar-refractivity contribution < 1.29 is 9.53 Å². The third kappa shape index (κ3) is 5.84. The molecule has 4 heteroatoms. The molecule has 1 aliphatic rings. The summed E-state index contributed by atoms with van der Waals surface area (Å²) in [5.41, 5.74) is 1.31. The van der Waals surface area contributed by atoms with E-state index in [1.807, 2.05) is 25.1 Å². The van der Waals surface area contributed by atoms with Crippen LogP contribution >= 0.6 is 0 Å². The number of nitrogens with zero attached hydrogens (tertiary/aromatic N) is 1. The highest BCUT2D eigenvalue weighted by Gasteiger charge is 2.20. The fourth-order valence-electron chi connectivity index (χ4n) is 2.42. The maximum atomic E-state index is 11.6. The van der Waals surface area contributed by atoms with Crippen LogP contribution in [0.25, 0.3) is 0 Å². The van der Waals surface area contributed by atoms with Gasteiger partial charge in [-0.25, -0.2) is 0 Å². The van der Waals surface area contributed by atoms with Crippen LogP contribution in [-0.4, -0.2) is 43.2 Å². The summed E-state index contributed by atoms with van der Waals surface area (Å²) in [6.07, 6.45) is 7.04. The van der Waals surface area contributed by atoms with E-state index in [0.29, 0.717) is 13.2 Å². The van der Waals surface area contributed by atoms with Gasteiger partial charge in [-0.15, -0.1) is 0 Å². The first-order valence-electron chi connectivity index (χ1n) is 7.73. The van der Waals surface area contributed by atoms with Crippen molar-refractivity contribution in [3.8, 4) is 0 Å². The summed E-state index contributed by atoms with van der Waals surface area (Å²) in [4.78, 5) is 14.0. The lowest BCUT2D eigenvalue weighted by atomic mass is 10.2. The molecule has 0 bridgehead atoms. The highest BCUT2D eigenvalue weighted by Crippen LogP contribution is 2.10. The van der Waals surface area contributed by atoms with E-state index < -0.39 is 0 Å². The van der Waals surface area contributed by atoms with Gasteiger partial charge in [0.15, 0.2) is 0 Å².